The SMILES string of the molecule is Cc1csc(C(C)NCC(=O)Nc2ccccc2Br)n1. The van der Waals surface area contributed by atoms with Gasteiger partial charge in [-0.05, 0) is 41.9 Å². The Kier molecular flexibility index (Phi) is 5.28. The van der Waals surface area contributed by atoms with E-state index in [1.807, 2.05) is 43.5 Å². The van der Waals surface area contributed by atoms with Gasteiger partial charge in [-0.1, -0.05) is 12.1 Å². The molecule has 2 aromatic rings. The predicted octanol–water partition coefficient (Wildman–Crippen LogP) is 3.50. The van der Waals surface area contributed by atoms with Crippen LogP contribution in [-0.4, -0.2) is 17.4 Å². The van der Waals surface area contributed by atoms with Crippen LogP contribution in [0.4, 0.5) is 5.69 Å². The number of aryl methyl sites for hydroxylation is 1. The Morgan fingerprint density at radius 1 is 1.45 bits per heavy atom. The Bertz CT molecular complexity index is 600. The third kappa shape index (κ3) is 4.13. The lowest BCUT2D eigenvalue weighted by atomic mass is 10.3. The molecule has 2 rings (SSSR count). The monoisotopic (exact) mass is 353 g/mol. The number of carbonyl (C=O) groups excluding carboxylic acids is 1. The Labute approximate surface area is 130 Å². The maximum absolute atomic E-state index is 11.9. The second kappa shape index (κ2) is 6.97. The summed E-state index contributed by atoms with van der Waals surface area (Å²) in [5.74, 6) is -0.0722. The largest absolute Gasteiger partial charge is 0.324 e. The normalized spacial score (nSPS) is 12.2. The quantitative estimate of drug-likeness (QED) is 0.864. The summed E-state index contributed by atoms with van der Waals surface area (Å²) in [6, 6.07) is 7.61. The molecule has 0 saturated carbocycles. The lowest BCUT2D eigenvalue weighted by Gasteiger charge is -2.12. The first-order chi connectivity index (χ1) is 9.56. The number of para-hydroxylation sites is 1. The summed E-state index contributed by atoms with van der Waals surface area (Å²) in [7, 11) is 0. The molecule has 6 heteroatoms. The summed E-state index contributed by atoms with van der Waals surface area (Å²) in [6.45, 7) is 4.22. The molecule has 4 nitrogen and oxygen atoms in total. The standard InChI is InChI=1S/C14H16BrN3OS/c1-9-8-20-14(17-9)10(2)16-7-13(19)18-12-6-4-3-5-11(12)15/h3-6,8,10,16H,7H2,1-2H3,(H,18,19). The van der Waals surface area contributed by atoms with Gasteiger partial charge >= 0.3 is 0 Å². The van der Waals surface area contributed by atoms with Crippen LogP contribution in [0.1, 0.15) is 23.7 Å². The van der Waals surface area contributed by atoms with Gasteiger partial charge in [-0.25, -0.2) is 4.98 Å². The molecule has 0 aliphatic carbocycles. The van der Waals surface area contributed by atoms with Gasteiger partial charge in [0.1, 0.15) is 5.01 Å². The van der Waals surface area contributed by atoms with Crippen molar-refractivity contribution in [2.24, 2.45) is 0 Å². The number of amides is 1. The fourth-order valence-electron chi connectivity index (χ4n) is 1.66. The summed E-state index contributed by atoms with van der Waals surface area (Å²) in [4.78, 5) is 16.3. The van der Waals surface area contributed by atoms with Gasteiger partial charge in [0, 0.05) is 15.5 Å². The molecule has 0 fully saturated rings. The number of anilines is 1. The molecule has 1 atom stereocenters. The van der Waals surface area contributed by atoms with Crippen LogP contribution in [0.5, 0.6) is 0 Å². The highest BCUT2D eigenvalue weighted by Gasteiger charge is 2.11. The first-order valence-corrected chi connectivity index (χ1v) is 7.93. The van der Waals surface area contributed by atoms with Crippen LogP contribution in [0.25, 0.3) is 0 Å². The van der Waals surface area contributed by atoms with Crippen molar-refractivity contribution in [1.82, 2.24) is 10.3 Å². The zero-order valence-electron chi connectivity index (χ0n) is 11.3. The van der Waals surface area contributed by atoms with Crippen LogP contribution >= 0.6 is 27.3 Å². The minimum absolute atomic E-state index is 0.0682. The molecular formula is C14H16BrN3OS. The average molecular weight is 354 g/mol. The number of aromatic nitrogens is 1. The first kappa shape index (κ1) is 15.2. The molecule has 0 radical (unpaired) electrons. The highest BCUT2D eigenvalue weighted by Crippen LogP contribution is 2.21. The van der Waals surface area contributed by atoms with Gasteiger partial charge in [0.15, 0.2) is 0 Å². The van der Waals surface area contributed by atoms with Crippen molar-refractivity contribution in [3.8, 4) is 0 Å². The van der Waals surface area contributed by atoms with E-state index in [9.17, 15) is 4.79 Å². The highest BCUT2D eigenvalue weighted by atomic mass is 79.9. The Hall–Kier alpha value is -1.24. The summed E-state index contributed by atoms with van der Waals surface area (Å²) in [6.07, 6.45) is 0. The van der Waals surface area contributed by atoms with Gasteiger partial charge in [0.25, 0.3) is 0 Å². The van der Waals surface area contributed by atoms with Crippen LogP contribution in [-0.2, 0) is 4.79 Å². The number of rotatable bonds is 5. The van der Waals surface area contributed by atoms with Gasteiger partial charge in [-0.3, -0.25) is 10.1 Å². The lowest BCUT2D eigenvalue weighted by Crippen LogP contribution is -2.30. The van der Waals surface area contributed by atoms with E-state index in [2.05, 4.69) is 31.5 Å². The second-order valence-corrected chi connectivity index (χ2v) is 6.20. The van der Waals surface area contributed by atoms with Crippen LogP contribution < -0.4 is 10.6 Å². The van der Waals surface area contributed by atoms with Gasteiger partial charge in [-0.2, -0.15) is 0 Å². The van der Waals surface area contributed by atoms with Crippen molar-refractivity contribution in [3.05, 3.63) is 44.8 Å². The summed E-state index contributed by atoms with van der Waals surface area (Å²) < 4.78 is 0.872. The number of nitrogens with one attached hydrogen (secondary N) is 2. The third-order valence-corrected chi connectivity index (χ3v) is 4.56. The van der Waals surface area contributed by atoms with Crippen molar-refractivity contribution in [2.45, 2.75) is 19.9 Å². The molecule has 0 bridgehead atoms. The molecule has 2 N–H and O–H groups in total. The fourth-order valence-corrected chi connectivity index (χ4v) is 2.87. The Balaban J connectivity index is 1.85. The van der Waals surface area contributed by atoms with E-state index in [0.717, 1.165) is 20.9 Å². The molecule has 0 spiro atoms. The summed E-state index contributed by atoms with van der Waals surface area (Å²) in [5, 5.41) is 9.03. The number of carbonyl (C=O) groups is 1. The molecule has 1 aromatic carbocycles. The minimum Gasteiger partial charge on any atom is -0.324 e. The van der Waals surface area contributed by atoms with E-state index < -0.39 is 0 Å². The number of benzene rings is 1. The van der Waals surface area contributed by atoms with Crippen LogP contribution in [0.3, 0.4) is 0 Å². The number of nitrogens with zero attached hydrogens (tertiary/aromatic N) is 1. The summed E-state index contributed by atoms with van der Waals surface area (Å²) in [5.41, 5.74) is 1.79. The van der Waals surface area contributed by atoms with E-state index in [1.165, 1.54) is 0 Å². The average Bonchev–Trinajstić information content (AvgIpc) is 2.85. The van der Waals surface area contributed by atoms with Gasteiger partial charge < -0.3 is 5.32 Å². The van der Waals surface area contributed by atoms with Gasteiger partial charge in [-0.15, -0.1) is 11.3 Å². The first-order valence-electron chi connectivity index (χ1n) is 6.26. The zero-order chi connectivity index (χ0) is 14.5. The van der Waals surface area contributed by atoms with Crippen molar-refractivity contribution in [2.75, 3.05) is 11.9 Å². The molecule has 0 aliphatic rings. The van der Waals surface area contributed by atoms with E-state index in [1.54, 1.807) is 11.3 Å². The maximum atomic E-state index is 11.9. The van der Waals surface area contributed by atoms with E-state index in [-0.39, 0.29) is 18.5 Å². The molecule has 1 amide bonds. The van der Waals surface area contributed by atoms with Crippen LogP contribution in [0, 0.1) is 6.92 Å². The van der Waals surface area contributed by atoms with E-state index >= 15 is 0 Å². The van der Waals surface area contributed by atoms with Crippen LogP contribution in [0.2, 0.25) is 0 Å². The number of hydrogen-bond donors (Lipinski definition) is 2. The van der Waals surface area contributed by atoms with E-state index in [0.29, 0.717) is 0 Å². The van der Waals surface area contributed by atoms with E-state index in [4.69, 9.17) is 0 Å². The topological polar surface area (TPSA) is 54.0 Å². The molecule has 1 heterocycles. The van der Waals surface area contributed by atoms with Crippen LogP contribution in [0.15, 0.2) is 34.1 Å². The Morgan fingerprint density at radius 2 is 2.20 bits per heavy atom. The van der Waals surface area contributed by atoms with Crippen molar-refractivity contribution < 1.29 is 4.79 Å². The fraction of sp³-hybridized carbons (Fsp3) is 0.286. The number of halogens is 1. The maximum Gasteiger partial charge on any atom is 0.238 e. The molecule has 0 saturated heterocycles. The second-order valence-electron chi connectivity index (χ2n) is 4.46. The zero-order valence-corrected chi connectivity index (χ0v) is 13.7. The third-order valence-electron chi connectivity index (χ3n) is 2.72. The molecule has 106 valence electrons. The Morgan fingerprint density at radius 3 is 2.85 bits per heavy atom. The predicted molar refractivity (Wildman–Crippen MR) is 86.0 cm³/mol. The molecule has 1 aromatic heterocycles. The molecule has 0 aliphatic heterocycles. The van der Waals surface area contributed by atoms with Gasteiger partial charge in [0.2, 0.25) is 5.91 Å². The van der Waals surface area contributed by atoms with Gasteiger partial charge in [0.05, 0.1) is 18.3 Å². The number of hydrogen-bond acceptors (Lipinski definition) is 4. The van der Waals surface area contributed by atoms with Crippen molar-refractivity contribution in [1.29, 1.82) is 0 Å². The van der Waals surface area contributed by atoms with Crippen molar-refractivity contribution >= 4 is 38.9 Å². The smallest absolute Gasteiger partial charge is 0.238 e. The molecule has 20 heavy (non-hydrogen) atoms. The highest BCUT2D eigenvalue weighted by molar-refractivity contribution is 9.10. The summed E-state index contributed by atoms with van der Waals surface area (Å²) >= 11 is 5.00. The molecular weight excluding hydrogens is 338 g/mol. The van der Waals surface area contributed by atoms with Crippen molar-refractivity contribution in [3.63, 3.8) is 0 Å². The number of thiazole rings is 1. The molecule has 1 unspecified atom stereocenters. The lowest BCUT2D eigenvalue weighted by molar-refractivity contribution is -0.115. The minimum atomic E-state index is -0.0722.